The van der Waals surface area contributed by atoms with Crippen molar-refractivity contribution in [3.8, 4) is 0 Å². The van der Waals surface area contributed by atoms with Gasteiger partial charge in [-0.1, -0.05) is 13.0 Å². The van der Waals surface area contributed by atoms with Crippen LogP contribution < -0.4 is 10.2 Å². The summed E-state index contributed by atoms with van der Waals surface area (Å²) >= 11 is 0. The number of likely N-dealkylation sites (N-methyl/N-ethyl adjacent to an activating group) is 1. The molecule has 1 aromatic carbocycles. The summed E-state index contributed by atoms with van der Waals surface area (Å²) in [5.41, 5.74) is 1.85. The minimum absolute atomic E-state index is 0.288. The Balaban J connectivity index is 1.81. The van der Waals surface area contributed by atoms with Gasteiger partial charge in [-0.15, -0.1) is 0 Å². The van der Waals surface area contributed by atoms with Gasteiger partial charge in [0.2, 0.25) is 0 Å². The van der Waals surface area contributed by atoms with E-state index in [1.54, 1.807) is 13.0 Å². The van der Waals surface area contributed by atoms with Crippen LogP contribution in [0.15, 0.2) is 36.4 Å². The number of benzene rings is 1. The average Bonchev–Trinajstić information content (AvgIpc) is 2.61. The fourth-order valence-electron chi connectivity index (χ4n) is 2.60. The molecule has 1 N–H and O–H groups in total. The molecule has 1 aliphatic heterocycles. The van der Waals surface area contributed by atoms with Crippen molar-refractivity contribution >= 4 is 23.3 Å². The third-order valence-electron chi connectivity index (χ3n) is 3.98. The van der Waals surface area contributed by atoms with Crippen LogP contribution in [0.1, 0.15) is 13.8 Å². The normalized spacial score (nSPS) is 15.5. The van der Waals surface area contributed by atoms with Crippen molar-refractivity contribution in [1.29, 1.82) is 0 Å². The Bertz CT molecular complexity index is 576. The van der Waals surface area contributed by atoms with Crippen LogP contribution >= 0.6 is 0 Å². The predicted octanol–water partition coefficient (Wildman–Crippen LogP) is 1.89. The van der Waals surface area contributed by atoms with Crippen molar-refractivity contribution in [1.82, 2.24) is 4.90 Å². The monoisotopic (exact) mass is 331 g/mol. The van der Waals surface area contributed by atoms with Crippen LogP contribution in [0.3, 0.4) is 0 Å². The zero-order valence-corrected chi connectivity index (χ0v) is 14.3. The summed E-state index contributed by atoms with van der Waals surface area (Å²) in [5.74, 6) is -0.869. The number of hydrogen-bond donors (Lipinski definition) is 1. The lowest BCUT2D eigenvalue weighted by molar-refractivity contribution is -0.142. The molecule has 1 aliphatic rings. The van der Waals surface area contributed by atoms with E-state index >= 15 is 0 Å². The number of ether oxygens (including phenoxy) is 1. The molecular weight excluding hydrogens is 306 g/mol. The van der Waals surface area contributed by atoms with Gasteiger partial charge in [-0.3, -0.25) is 4.79 Å². The van der Waals surface area contributed by atoms with Crippen molar-refractivity contribution in [2.75, 3.05) is 49.5 Å². The highest BCUT2D eigenvalue weighted by Gasteiger charge is 2.15. The minimum atomic E-state index is -0.519. The Morgan fingerprint density at radius 3 is 2.42 bits per heavy atom. The van der Waals surface area contributed by atoms with E-state index in [-0.39, 0.29) is 12.5 Å². The summed E-state index contributed by atoms with van der Waals surface area (Å²) < 4.78 is 4.81. The zero-order valence-electron chi connectivity index (χ0n) is 14.3. The van der Waals surface area contributed by atoms with Crippen molar-refractivity contribution in [2.45, 2.75) is 13.8 Å². The van der Waals surface area contributed by atoms with Crippen molar-refractivity contribution in [3.63, 3.8) is 0 Å². The maximum atomic E-state index is 11.7. The highest BCUT2D eigenvalue weighted by atomic mass is 16.5. The van der Waals surface area contributed by atoms with E-state index in [1.807, 2.05) is 24.3 Å². The predicted molar refractivity (Wildman–Crippen MR) is 95.2 cm³/mol. The standard InChI is InChI=1S/C18H25N3O3/c1-3-5-18(23)24-14-17(22)19-15-6-8-16(9-7-15)21-12-10-20(4-2)11-13-21/h3,5-9H,4,10-14H2,1-2H3,(H,19,22)/b5-3+. The molecule has 2 rings (SSSR count). The first-order valence-electron chi connectivity index (χ1n) is 8.29. The van der Waals surface area contributed by atoms with E-state index in [0.717, 1.165) is 38.4 Å². The summed E-state index contributed by atoms with van der Waals surface area (Å²) in [5, 5.41) is 2.72. The number of nitrogens with one attached hydrogen (secondary N) is 1. The average molecular weight is 331 g/mol. The van der Waals surface area contributed by atoms with Crippen LogP contribution in [-0.4, -0.2) is 56.1 Å². The van der Waals surface area contributed by atoms with Crippen LogP contribution in [0.2, 0.25) is 0 Å². The van der Waals surface area contributed by atoms with Crippen molar-refractivity contribution in [3.05, 3.63) is 36.4 Å². The topological polar surface area (TPSA) is 61.9 Å². The van der Waals surface area contributed by atoms with Gasteiger partial charge in [-0.25, -0.2) is 4.79 Å². The van der Waals surface area contributed by atoms with Gasteiger partial charge in [0.05, 0.1) is 0 Å². The Morgan fingerprint density at radius 2 is 1.83 bits per heavy atom. The van der Waals surface area contributed by atoms with E-state index in [2.05, 4.69) is 22.0 Å². The molecule has 6 nitrogen and oxygen atoms in total. The van der Waals surface area contributed by atoms with Gasteiger partial charge in [0.15, 0.2) is 6.61 Å². The van der Waals surface area contributed by atoms with Gasteiger partial charge in [-0.2, -0.15) is 0 Å². The zero-order chi connectivity index (χ0) is 17.4. The van der Waals surface area contributed by atoms with Gasteiger partial charge in [-0.05, 0) is 37.7 Å². The maximum absolute atomic E-state index is 11.7. The minimum Gasteiger partial charge on any atom is -0.452 e. The van der Waals surface area contributed by atoms with Gasteiger partial charge >= 0.3 is 5.97 Å². The molecule has 0 aromatic heterocycles. The Labute approximate surface area is 143 Å². The van der Waals surface area contributed by atoms with E-state index in [1.165, 1.54) is 6.08 Å². The lowest BCUT2D eigenvalue weighted by Crippen LogP contribution is -2.46. The summed E-state index contributed by atoms with van der Waals surface area (Å²) in [6.45, 7) is 8.88. The number of carbonyl (C=O) groups is 2. The van der Waals surface area contributed by atoms with Gasteiger partial charge in [0, 0.05) is 43.6 Å². The molecule has 0 spiro atoms. The number of nitrogens with zero attached hydrogens (tertiary/aromatic N) is 2. The highest BCUT2D eigenvalue weighted by Crippen LogP contribution is 2.19. The number of carbonyl (C=O) groups excluding carboxylic acids is 2. The Hall–Kier alpha value is -2.34. The van der Waals surface area contributed by atoms with Crippen LogP contribution in [0.5, 0.6) is 0 Å². The molecule has 0 atom stereocenters. The van der Waals surface area contributed by atoms with Crippen LogP contribution in [-0.2, 0) is 14.3 Å². The van der Waals surface area contributed by atoms with E-state index in [9.17, 15) is 9.59 Å². The lowest BCUT2D eigenvalue weighted by Gasteiger charge is -2.35. The van der Waals surface area contributed by atoms with E-state index in [4.69, 9.17) is 4.74 Å². The second kappa shape index (κ2) is 9.08. The third-order valence-corrected chi connectivity index (χ3v) is 3.98. The molecule has 6 heteroatoms. The maximum Gasteiger partial charge on any atom is 0.330 e. The van der Waals surface area contributed by atoms with Gasteiger partial charge < -0.3 is 19.9 Å². The van der Waals surface area contributed by atoms with Crippen LogP contribution in [0, 0.1) is 0 Å². The largest absolute Gasteiger partial charge is 0.452 e. The van der Waals surface area contributed by atoms with Crippen molar-refractivity contribution in [2.24, 2.45) is 0 Å². The summed E-state index contributed by atoms with van der Waals surface area (Å²) in [4.78, 5) is 27.7. The van der Waals surface area contributed by atoms with Crippen molar-refractivity contribution < 1.29 is 14.3 Å². The molecule has 1 heterocycles. The fraction of sp³-hybridized carbons (Fsp3) is 0.444. The first-order chi connectivity index (χ1) is 11.6. The molecule has 0 radical (unpaired) electrons. The van der Waals surface area contributed by atoms with E-state index in [0.29, 0.717) is 5.69 Å². The number of allylic oxidation sites excluding steroid dienone is 1. The molecule has 0 aliphatic carbocycles. The molecule has 1 aromatic rings. The van der Waals surface area contributed by atoms with Gasteiger partial charge in [0.1, 0.15) is 0 Å². The summed E-state index contributed by atoms with van der Waals surface area (Å²) in [7, 11) is 0. The lowest BCUT2D eigenvalue weighted by atomic mass is 10.2. The molecular formula is C18H25N3O3. The number of hydrogen-bond acceptors (Lipinski definition) is 5. The second-order valence-electron chi connectivity index (χ2n) is 5.62. The Kier molecular flexibility index (Phi) is 6.81. The van der Waals surface area contributed by atoms with Crippen LogP contribution in [0.25, 0.3) is 0 Å². The smallest absolute Gasteiger partial charge is 0.330 e. The first kappa shape index (κ1) is 18.0. The number of amides is 1. The molecule has 0 bridgehead atoms. The van der Waals surface area contributed by atoms with Crippen LogP contribution in [0.4, 0.5) is 11.4 Å². The number of esters is 1. The highest BCUT2D eigenvalue weighted by molar-refractivity contribution is 5.93. The van der Waals surface area contributed by atoms with Gasteiger partial charge in [0.25, 0.3) is 5.91 Å². The fourth-order valence-corrected chi connectivity index (χ4v) is 2.60. The quantitative estimate of drug-likeness (QED) is 0.637. The second-order valence-corrected chi connectivity index (χ2v) is 5.62. The molecule has 1 amide bonds. The summed E-state index contributed by atoms with van der Waals surface area (Å²) in [6, 6.07) is 7.74. The number of piperazine rings is 1. The summed E-state index contributed by atoms with van der Waals surface area (Å²) in [6.07, 6.45) is 2.85. The van der Waals surface area contributed by atoms with E-state index < -0.39 is 5.97 Å². The third kappa shape index (κ3) is 5.38. The molecule has 0 saturated carbocycles. The SMILES string of the molecule is C/C=C/C(=O)OCC(=O)Nc1ccc(N2CCN(CC)CC2)cc1. The molecule has 130 valence electrons. The molecule has 1 saturated heterocycles. The number of anilines is 2. The Morgan fingerprint density at radius 1 is 1.17 bits per heavy atom. The first-order valence-corrected chi connectivity index (χ1v) is 8.29. The molecule has 0 unspecified atom stereocenters. The number of rotatable bonds is 6. The molecule has 1 fully saturated rings. The molecule has 24 heavy (non-hydrogen) atoms.